The lowest BCUT2D eigenvalue weighted by Crippen LogP contribution is -2.22. The topological polar surface area (TPSA) is 58.8 Å². The normalized spacial score (nSPS) is 16.1. The molecule has 1 aliphatic carbocycles. The highest BCUT2D eigenvalue weighted by Gasteiger charge is 2.16. The Bertz CT molecular complexity index is 692. The molecule has 1 fully saturated rings. The average Bonchev–Trinajstić information content (AvgIpc) is 2.81. The van der Waals surface area contributed by atoms with Gasteiger partial charge >= 0.3 is 0 Å². The lowest BCUT2D eigenvalue weighted by atomic mass is 9.99. The molecular formula is C17H22N4O. The van der Waals surface area contributed by atoms with Gasteiger partial charge in [-0.1, -0.05) is 25.3 Å². The average molecular weight is 298 g/mol. The molecule has 5 nitrogen and oxygen atoms in total. The highest BCUT2D eigenvalue weighted by Crippen LogP contribution is 2.15. The minimum atomic E-state index is -0.189. The van der Waals surface area contributed by atoms with Crippen molar-refractivity contribution in [2.75, 3.05) is 0 Å². The summed E-state index contributed by atoms with van der Waals surface area (Å²) in [6.07, 6.45) is 10.0. The van der Waals surface area contributed by atoms with Crippen molar-refractivity contribution in [3.63, 3.8) is 0 Å². The summed E-state index contributed by atoms with van der Waals surface area (Å²) >= 11 is 0. The van der Waals surface area contributed by atoms with Crippen LogP contribution < -0.4 is 5.43 Å². The van der Waals surface area contributed by atoms with Crippen LogP contribution in [0.2, 0.25) is 0 Å². The molecule has 1 aliphatic rings. The Hall–Kier alpha value is -2.17. The zero-order chi connectivity index (χ0) is 15.4. The first-order valence-corrected chi connectivity index (χ1v) is 8.05. The lowest BCUT2D eigenvalue weighted by molar-refractivity contribution is 0.0948. The van der Waals surface area contributed by atoms with Crippen molar-refractivity contribution in [1.82, 2.24) is 14.8 Å². The summed E-state index contributed by atoms with van der Waals surface area (Å²) in [4.78, 5) is 16.9. The number of nitrogens with one attached hydrogen (secondary N) is 1. The maximum absolute atomic E-state index is 12.5. The first-order valence-electron chi connectivity index (χ1n) is 8.05. The van der Waals surface area contributed by atoms with Crippen LogP contribution >= 0.6 is 0 Å². The Morgan fingerprint density at radius 2 is 1.91 bits per heavy atom. The fourth-order valence-electron chi connectivity index (χ4n) is 3.00. The maximum atomic E-state index is 12.5. The fraction of sp³-hybridized carbons (Fsp3) is 0.471. The molecule has 2 heterocycles. The maximum Gasteiger partial charge on any atom is 0.290 e. The number of carbonyl (C=O) groups excluding carboxylic acids is 1. The van der Waals surface area contributed by atoms with Gasteiger partial charge in [0.2, 0.25) is 0 Å². The Balaban J connectivity index is 1.77. The van der Waals surface area contributed by atoms with Gasteiger partial charge in [-0.25, -0.2) is 10.4 Å². The Kier molecular flexibility index (Phi) is 4.51. The highest BCUT2D eigenvalue weighted by atomic mass is 16.2. The minimum absolute atomic E-state index is 0.189. The van der Waals surface area contributed by atoms with Crippen molar-refractivity contribution in [3.05, 3.63) is 35.8 Å². The molecule has 0 aromatic carbocycles. The number of aryl methyl sites for hydroxylation is 1. The monoisotopic (exact) mass is 298 g/mol. The van der Waals surface area contributed by atoms with E-state index < -0.39 is 0 Å². The molecule has 1 saturated carbocycles. The van der Waals surface area contributed by atoms with Gasteiger partial charge in [0.1, 0.15) is 11.3 Å². The van der Waals surface area contributed by atoms with Gasteiger partial charge < -0.3 is 0 Å². The first-order chi connectivity index (χ1) is 10.8. The zero-order valence-electron chi connectivity index (χ0n) is 13.0. The van der Waals surface area contributed by atoms with Gasteiger partial charge in [-0.05, 0) is 44.7 Å². The number of pyridine rings is 1. The number of fused-ring (bicyclic) bond motifs is 1. The van der Waals surface area contributed by atoms with Crippen molar-refractivity contribution in [1.29, 1.82) is 0 Å². The molecule has 22 heavy (non-hydrogen) atoms. The second-order valence-electron chi connectivity index (χ2n) is 5.86. The molecule has 116 valence electrons. The summed E-state index contributed by atoms with van der Waals surface area (Å²) in [5.74, 6) is -0.189. The number of carbonyl (C=O) groups is 1. The molecule has 1 amide bonds. The van der Waals surface area contributed by atoms with Crippen LogP contribution in [0.25, 0.3) is 5.65 Å². The molecule has 0 unspecified atom stereocenters. The first kappa shape index (κ1) is 14.8. The van der Waals surface area contributed by atoms with Crippen molar-refractivity contribution in [3.8, 4) is 0 Å². The highest BCUT2D eigenvalue weighted by molar-refractivity contribution is 5.95. The van der Waals surface area contributed by atoms with Gasteiger partial charge in [0.25, 0.3) is 5.91 Å². The number of nitrogens with zero attached hydrogens (tertiary/aromatic N) is 3. The molecule has 2 aromatic heterocycles. The van der Waals surface area contributed by atoms with E-state index in [0.717, 1.165) is 29.9 Å². The summed E-state index contributed by atoms with van der Waals surface area (Å²) in [5, 5.41) is 4.36. The van der Waals surface area contributed by atoms with E-state index in [-0.39, 0.29) is 5.91 Å². The van der Waals surface area contributed by atoms with Crippen molar-refractivity contribution >= 4 is 17.3 Å². The molecule has 3 rings (SSSR count). The molecule has 0 bridgehead atoms. The fourth-order valence-corrected chi connectivity index (χ4v) is 3.00. The smallest absolute Gasteiger partial charge is 0.290 e. The number of hydrogen-bond donors (Lipinski definition) is 1. The Labute approximate surface area is 130 Å². The molecule has 0 spiro atoms. The number of imidazole rings is 1. The molecule has 0 radical (unpaired) electrons. The molecule has 0 atom stereocenters. The van der Waals surface area contributed by atoms with Crippen LogP contribution in [0.3, 0.4) is 0 Å². The van der Waals surface area contributed by atoms with Crippen LogP contribution in [0.15, 0.2) is 29.5 Å². The van der Waals surface area contributed by atoms with Crippen LogP contribution in [0.5, 0.6) is 0 Å². The second-order valence-corrected chi connectivity index (χ2v) is 5.86. The number of hydrogen-bond acceptors (Lipinski definition) is 3. The van der Waals surface area contributed by atoms with Crippen LogP contribution in [0.4, 0.5) is 0 Å². The van der Waals surface area contributed by atoms with Crippen molar-refractivity contribution in [2.45, 2.75) is 51.9 Å². The van der Waals surface area contributed by atoms with Crippen LogP contribution in [-0.4, -0.2) is 21.0 Å². The van der Waals surface area contributed by atoms with Crippen molar-refractivity contribution in [2.24, 2.45) is 5.10 Å². The van der Waals surface area contributed by atoms with E-state index in [0.29, 0.717) is 5.69 Å². The summed E-state index contributed by atoms with van der Waals surface area (Å²) < 4.78 is 1.81. The van der Waals surface area contributed by atoms with Gasteiger partial charge in [-0.15, -0.1) is 0 Å². The minimum Gasteiger partial charge on any atom is -0.295 e. The summed E-state index contributed by atoms with van der Waals surface area (Å²) in [5.41, 5.74) is 5.90. The van der Waals surface area contributed by atoms with Gasteiger partial charge in [0.15, 0.2) is 0 Å². The third-order valence-corrected chi connectivity index (χ3v) is 4.17. The zero-order valence-corrected chi connectivity index (χ0v) is 13.0. The third kappa shape index (κ3) is 3.18. The van der Waals surface area contributed by atoms with Crippen LogP contribution in [0.1, 0.15) is 61.1 Å². The standard InChI is InChI=1S/C17H22N4O/c1-13-16(21-12-8-7-11-15(21)18-13)17(22)20-19-14-9-5-3-2-4-6-10-14/h7-8,11-12H,2-6,9-10H2,1H3,(H,20,22). The number of rotatable bonds is 2. The Morgan fingerprint density at radius 1 is 1.18 bits per heavy atom. The van der Waals surface area contributed by atoms with E-state index in [2.05, 4.69) is 15.5 Å². The van der Waals surface area contributed by atoms with Gasteiger partial charge in [0, 0.05) is 11.9 Å². The predicted molar refractivity (Wildman–Crippen MR) is 87.1 cm³/mol. The second kappa shape index (κ2) is 6.73. The largest absolute Gasteiger partial charge is 0.295 e. The van der Waals surface area contributed by atoms with Gasteiger partial charge in [-0.3, -0.25) is 9.20 Å². The third-order valence-electron chi connectivity index (χ3n) is 4.17. The van der Waals surface area contributed by atoms with Crippen LogP contribution in [0, 0.1) is 6.92 Å². The molecule has 2 aromatic rings. The lowest BCUT2D eigenvalue weighted by Gasteiger charge is -2.11. The van der Waals surface area contributed by atoms with E-state index in [1.165, 1.54) is 32.1 Å². The van der Waals surface area contributed by atoms with E-state index in [4.69, 9.17) is 0 Å². The summed E-state index contributed by atoms with van der Waals surface area (Å²) in [6.45, 7) is 1.85. The number of aromatic nitrogens is 2. The van der Waals surface area contributed by atoms with E-state index in [1.807, 2.05) is 35.7 Å². The quantitative estimate of drug-likeness (QED) is 0.863. The van der Waals surface area contributed by atoms with E-state index in [9.17, 15) is 4.79 Å². The SMILES string of the molecule is Cc1nc2ccccn2c1C(=O)NN=C1CCCCCCC1. The molecule has 0 saturated heterocycles. The van der Waals surface area contributed by atoms with E-state index in [1.54, 1.807) is 0 Å². The molecule has 5 heteroatoms. The molecule has 1 N–H and O–H groups in total. The number of hydrazone groups is 1. The van der Waals surface area contributed by atoms with Gasteiger partial charge in [-0.2, -0.15) is 5.10 Å². The predicted octanol–water partition coefficient (Wildman–Crippen LogP) is 3.47. The summed E-state index contributed by atoms with van der Waals surface area (Å²) in [7, 11) is 0. The molecular weight excluding hydrogens is 276 g/mol. The number of amides is 1. The van der Waals surface area contributed by atoms with E-state index >= 15 is 0 Å². The summed E-state index contributed by atoms with van der Waals surface area (Å²) in [6, 6.07) is 5.70. The molecule has 0 aliphatic heterocycles. The van der Waals surface area contributed by atoms with Crippen molar-refractivity contribution < 1.29 is 4.79 Å². The Morgan fingerprint density at radius 3 is 2.68 bits per heavy atom. The van der Waals surface area contributed by atoms with Gasteiger partial charge in [0.05, 0.1) is 5.69 Å². The van der Waals surface area contributed by atoms with Crippen LogP contribution in [-0.2, 0) is 0 Å².